The maximum Gasteiger partial charge on any atom is 0.268 e. The first-order valence-corrected chi connectivity index (χ1v) is 5.72. The fraction of sp³-hybridized carbons (Fsp3) is 0.500. The second kappa shape index (κ2) is 4.65. The number of allylic oxidation sites excluding steroid dienone is 1. The van der Waals surface area contributed by atoms with Gasteiger partial charge in [-0.2, -0.15) is 0 Å². The molecule has 0 bridgehead atoms. The Morgan fingerprint density at radius 1 is 1.56 bits per heavy atom. The molecule has 5 N–H and O–H groups in total. The van der Waals surface area contributed by atoms with Gasteiger partial charge in [-0.3, -0.25) is 15.6 Å². The number of amides is 1. The summed E-state index contributed by atoms with van der Waals surface area (Å²) >= 11 is 5.81. The zero-order valence-electron chi connectivity index (χ0n) is 8.85. The molecule has 0 aromatic rings. The van der Waals surface area contributed by atoms with Crippen LogP contribution in [0.1, 0.15) is 19.3 Å². The molecule has 1 heterocycles. The molecule has 1 aliphatic heterocycles. The summed E-state index contributed by atoms with van der Waals surface area (Å²) in [5.41, 5.74) is 11.5. The Morgan fingerprint density at radius 2 is 2.31 bits per heavy atom. The Labute approximate surface area is 99.1 Å². The number of halogens is 1. The zero-order valence-corrected chi connectivity index (χ0v) is 9.60. The largest absolute Gasteiger partial charge is 0.383 e. The summed E-state index contributed by atoms with van der Waals surface area (Å²) < 4.78 is 0. The van der Waals surface area contributed by atoms with Crippen molar-refractivity contribution < 1.29 is 4.79 Å². The van der Waals surface area contributed by atoms with Gasteiger partial charge in [0.15, 0.2) is 0 Å². The number of rotatable bonds is 4. The highest BCUT2D eigenvalue weighted by atomic mass is 35.5. The quantitative estimate of drug-likeness (QED) is 0.534. The third kappa shape index (κ3) is 2.41. The topological polar surface area (TPSA) is 79.2 Å². The molecule has 0 aromatic heterocycles. The van der Waals surface area contributed by atoms with E-state index in [4.69, 9.17) is 17.3 Å². The SMILES string of the molecule is NC(=O)C1=C(NCC2CCC2)C=C(Cl)NN1. The standard InChI is InChI=1S/C10H15ClN4O/c11-8-4-7(9(10(12)16)15-14-8)13-5-6-2-1-3-6/h4,6,13-15H,1-3,5H2,(H2,12,16). The van der Waals surface area contributed by atoms with Crippen molar-refractivity contribution >= 4 is 17.5 Å². The molecule has 0 spiro atoms. The molecular weight excluding hydrogens is 228 g/mol. The number of carbonyl (C=O) groups excluding carboxylic acids is 1. The second-order valence-electron chi connectivity index (χ2n) is 4.07. The van der Waals surface area contributed by atoms with Gasteiger partial charge in [-0.25, -0.2) is 0 Å². The minimum atomic E-state index is -0.510. The van der Waals surface area contributed by atoms with Crippen molar-refractivity contribution in [3.05, 3.63) is 22.6 Å². The van der Waals surface area contributed by atoms with E-state index >= 15 is 0 Å². The number of nitrogens with two attached hydrogens (primary N) is 1. The van der Waals surface area contributed by atoms with Gasteiger partial charge in [0.2, 0.25) is 0 Å². The molecule has 88 valence electrons. The van der Waals surface area contributed by atoms with Crippen LogP contribution in [0.5, 0.6) is 0 Å². The number of primary amides is 1. The number of nitrogens with one attached hydrogen (secondary N) is 3. The van der Waals surface area contributed by atoms with Crippen LogP contribution in [0.3, 0.4) is 0 Å². The molecule has 0 aromatic carbocycles. The van der Waals surface area contributed by atoms with E-state index in [2.05, 4.69) is 16.2 Å². The van der Waals surface area contributed by atoms with Gasteiger partial charge in [0.1, 0.15) is 10.9 Å². The van der Waals surface area contributed by atoms with Crippen LogP contribution < -0.4 is 21.9 Å². The minimum absolute atomic E-state index is 0.323. The molecular formula is C10H15ClN4O. The van der Waals surface area contributed by atoms with Gasteiger partial charge in [0, 0.05) is 12.6 Å². The maximum atomic E-state index is 11.1. The van der Waals surface area contributed by atoms with Crippen LogP contribution in [0, 0.1) is 5.92 Å². The first kappa shape index (κ1) is 11.1. The van der Waals surface area contributed by atoms with Crippen molar-refractivity contribution in [2.45, 2.75) is 19.3 Å². The third-order valence-electron chi connectivity index (χ3n) is 2.90. The summed E-state index contributed by atoms with van der Waals surface area (Å²) in [6.45, 7) is 0.856. The van der Waals surface area contributed by atoms with E-state index in [9.17, 15) is 4.79 Å². The van der Waals surface area contributed by atoms with E-state index in [0.717, 1.165) is 6.54 Å². The van der Waals surface area contributed by atoms with Gasteiger partial charge in [0.25, 0.3) is 5.91 Å². The highest BCUT2D eigenvalue weighted by molar-refractivity contribution is 6.29. The predicted octanol–water partition coefficient (Wildman–Crippen LogP) is 0.261. The fourth-order valence-electron chi connectivity index (χ4n) is 1.71. The molecule has 6 heteroatoms. The number of carbonyl (C=O) groups is 1. The molecule has 16 heavy (non-hydrogen) atoms. The van der Waals surface area contributed by atoms with Crippen molar-refractivity contribution in [1.82, 2.24) is 16.2 Å². The van der Waals surface area contributed by atoms with Crippen LogP contribution in [0.15, 0.2) is 22.6 Å². The van der Waals surface area contributed by atoms with Gasteiger partial charge in [-0.15, -0.1) is 0 Å². The smallest absolute Gasteiger partial charge is 0.268 e. The van der Waals surface area contributed by atoms with E-state index in [1.165, 1.54) is 19.3 Å². The van der Waals surface area contributed by atoms with Gasteiger partial charge in [0.05, 0.1) is 5.70 Å². The van der Waals surface area contributed by atoms with Crippen LogP contribution in [0.4, 0.5) is 0 Å². The molecule has 2 rings (SSSR count). The minimum Gasteiger partial charge on any atom is -0.383 e. The van der Waals surface area contributed by atoms with Crippen LogP contribution in [0.2, 0.25) is 0 Å². The molecule has 1 amide bonds. The first-order chi connectivity index (χ1) is 7.66. The average molecular weight is 243 g/mol. The molecule has 2 aliphatic rings. The molecule has 1 fully saturated rings. The van der Waals surface area contributed by atoms with E-state index in [1.807, 2.05) is 0 Å². The summed E-state index contributed by atoms with van der Waals surface area (Å²) in [4.78, 5) is 11.1. The first-order valence-electron chi connectivity index (χ1n) is 5.34. The third-order valence-corrected chi connectivity index (χ3v) is 3.10. The number of hydrogen-bond donors (Lipinski definition) is 4. The average Bonchev–Trinajstić information content (AvgIpc) is 2.14. The predicted molar refractivity (Wildman–Crippen MR) is 61.8 cm³/mol. The molecule has 0 atom stereocenters. The lowest BCUT2D eigenvalue weighted by Crippen LogP contribution is -2.42. The Hall–Kier alpha value is -1.36. The zero-order chi connectivity index (χ0) is 11.5. The lowest BCUT2D eigenvalue weighted by molar-refractivity contribution is -0.115. The van der Waals surface area contributed by atoms with Crippen LogP contribution in [0.25, 0.3) is 0 Å². The van der Waals surface area contributed by atoms with Crippen molar-refractivity contribution in [3.63, 3.8) is 0 Å². The number of hydrazine groups is 1. The van der Waals surface area contributed by atoms with Crippen LogP contribution in [-0.2, 0) is 4.79 Å². The van der Waals surface area contributed by atoms with E-state index in [1.54, 1.807) is 6.08 Å². The van der Waals surface area contributed by atoms with Crippen molar-refractivity contribution in [2.75, 3.05) is 6.54 Å². The van der Waals surface area contributed by atoms with Gasteiger partial charge in [-0.05, 0) is 18.8 Å². The second-order valence-corrected chi connectivity index (χ2v) is 4.48. The van der Waals surface area contributed by atoms with Crippen molar-refractivity contribution in [2.24, 2.45) is 11.7 Å². The normalized spacial score (nSPS) is 20.4. The van der Waals surface area contributed by atoms with Crippen molar-refractivity contribution in [1.29, 1.82) is 0 Å². The Kier molecular flexibility index (Phi) is 3.24. The summed E-state index contributed by atoms with van der Waals surface area (Å²) in [5, 5.41) is 3.63. The Bertz CT molecular complexity index is 360. The summed E-state index contributed by atoms with van der Waals surface area (Å²) in [7, 11) is 0. The fourth-order valence-corrected chi connectivity index (χ4v) is 1.87. The van der Waals surface area contributed by atoms with E-state index < -0.39 is 5.91 Å². The summed E-state index contributed by atoms with van der Waals surface area (Å²) in [6.07, 6.45) is 5.45. The Morgan fingerprint density at radius 3 is 2.88 bits per heavy atom. The molecule has 0 unspecified atom stereocenters. The Balaban J connectivity index is 2.03. The van der Waals surface area contributed by atoms with Crippen molar-refractivity contribution in [3.8, 4) is 0 Å². The summed E-state index contributed by atoms with van der Waals surface area (Å²) in [5.74, 6) is 0.188. The molecule has 0 radical (unpaired) electrons. The highest BCUT2D eigenvalue weighted by Crippen LogP contribution is 2.25. The van der Waals surface area contributed by atoms with E-state index in [-0.39, 0.29) is 0 Å². The number of hydrogen-bond acceptors (Lipinski definition) is 4. The van der Waals surface area contributed by atoms with Crippen LogP contribution >= 0.6 is 11.6 Å². The lowest BCUT2D eigenvalue weighted by Gasteiger charge is -2.27. The lowest BCUT2D eigenvalue weighted by atomic mass is 9.85. The molecule has 5 nitrogen and oxygen atoms in total. The molecule has 1 aliphatic carbocycles. The van der Waals surface area contributed by atoms with E-state index in [0.29, 0.717) is 22.5 Å². The molecule has 0 saturated heterocycles. The summed E-state index contributed by atoms with van der Waals surface area (Å²) in [6, 6.07) is 0. The monoisotopic (exact) mass is 242 g/mol. The maximum absolute atomic E-state index is 11.1. The van der Waals surface area contributed by atoms with Gasteiger partial charge in [-0.1, -0.05) is 18.0 Å². The van der Waals surface area contributed by atoms with Crippen LogP contribution in [-0.4, -0.2) is 12.5 Å². The van der Waals surface area contributed by atoms with Gasteiger partial charge >= 0.3 is 0 Å². The highest BCUT2D eigenvalue weighted by Gasteiger charge is 2.20. The van der Waals surface area contributed by atoms with Gasteiger partial charge < -0.3 is 11.1 Å². The molecule has 1 saturated carbocycles.